The molecule has 1 aromatic heterocycles. The molecule has 134 valence electrons. The minimum Gasteiger partial charge on any atom is -0.351 e. The van der Waals surface area contributed by atoms with Gasteiger partial charge in [-0.05, 0) is 42.5 Å². The maximum absolute atomic E-state index is 12.5. The second-order valence-electron chi connectivity index (χ2n) is 6.99. The number of aryl methyl sites for hydroxylation is 2. The number of carbonyl (C=O) groups is 2. The second-order valence-corrected chi connectivity index (χ2v) is 6.99. The number of nitrogens with zero attached hydrogens (tertiary/aromatic N) is 1. The molecule has 1 aliphatic carbocycles. The third-order valence-corrected chi connectivity index (χ3v) is 5.37. The summed E-state index contributed by atoms with van der Waals surface area (Å²) in [5.41, 5.74) is 3.72. The summed E-state index contributed by atoms with van der Waals surface area (Å²) in [5.74, 6) is -0.449. The fraction of sp³-hybridized carbons (Fsp3) is 0.350. The van der Waals surface area contributed by atoms with Crippen LogP contribution in [-0.2, 0) is 17.6 Å². The van der Waals surface area contributed by atoms with Crippen molar-refractivity contribution in [3.05, 3.63) is 63.1 Å². The average Bonchev–Trinajstić information content (AvgIpc) is 3.09. The summed E-state index contributed by atoms with van der Waals surface area (Å²) in [4.78, 5) is 41.4. The Kier molecular flexibility index (Phi) is 4.11. The number of benzene rings is 1. The van der Waals surface area contributed by atoms with Crippen molar-refractivity contribution in [1.29, 1.82) is 0 Å². The Morgan fingerprint density at radius 2 is 2.08 bits per heavy atom. The van der Waals surface area contributed by atoms with Gasteiger partial charge in [0.05, 0.1) is 0 Å². The maximum atomic E-state index is 12.5. The molecule has 2 heterocycles. The standard InChI is InChI=1S/C20H21N3O3/c1-23-17-8-3-2-6-14(17)13(10-18(23)24)11-21-19(25)15-9-12-5-4-7-16(12)22-20(15)26/h2-3,6,8-9,13H,4-5,7,10-11H2,1H3,(H,21,25)(H,22,26)/t13-/m0/s1. The van der Waals surface area contributed by atoms with Crippen molar-refractivity contribution in [3.8, 4) is 0 Å². The predicted octanol–water partition coefficient (Wildman–Crippen LogP) is 1.74. The Morgan fingerprint density at radius 3 is 2.92 bits per heavy atom. The highest BCUT2D eigenvalue weighted by molar-refractivity contribution is 5.97. The van der Waals surface area contributed by atoms with E-state index < -0.39 is 0 Å². The number of fused-ring (bicyclic) bond motifs is 2. The Bertz CT molecular complexity index is 948. The summed E-state index contributed by atoms with van der Waals surface area (Å²) >= 11 is 0. The summed E-state index contributed by atoms with van der Waals surface area (Å²) < 4.78 is 0. The lowest BCUT2D eigenvalue weighted by Crippen LogP contribution is -2.38. The summed E-state index contributed by atoms with van der Waals surface area (Å²) in [6.45, 7) is 0.325. The lowest BCUT2D eigenvalue weighted by atomic mass is 9.89. The summed E-state index contributed by atoms with van der Waals surface area (Å²) in [7, 11) is 1.76. The van der Waals surface area contributed by atoms with Crippen LogP contribution in [0.15, 0.2) is 35.1 Å². The van der Waals surface area contributed by atoms with E-state index in [4.69, 9.17) is 0 Å². The molecule has 0 saturated heterocycles. The number of rotatable bonds is 3. The minimum atomic E-state index is -0.384. The maximum Gasteiger partial charge on any atom is 0.261 e. The molecule has 0 fully saturated rings. The van der Waals surface area contributed by atoms with Gasteiger partial charge in [-0.1, -0.05) is 18.2 Å². The molecular formula is C20H21N3O3. The van der Waals surface area contributed by atoms with Crippen molar-refractivity contribution in [1.82, 2.24) is 10.3 Å². The smallest absolute Gasteiger partial charge is 0.261 e. The number of aromatic amines is 1. The second kappa shape index (κ2) is 6.44. The summed E-state index contributed by atoms with van der Waals surface area (Å²) in [6.07, 6.45) is 3.10. The highest BCUT2D eigenvalue weighted by Gasteiger charge is 2.29. The van der Waals surface area contributed by atoms with Crippen molar-refractivity contribution < 1.29 is 9.59 Å². The predicted molar refractivity (Wildman–Crippen MR) is 98.6 cm³/mol. The van der Waals surface area contributed by atoms with Crippen LogP contribution in [0.4, 0.5) is 5.69 Å². The third-order valence-electron chi connectivity index (χ3n) is 5.37. The zero-order valence-corrected chi connectivity index (χ0v) is 14.7. The van der Waals surface area contributed by atoms with Crippen LogP contribution in [0.1, 0.15) is 45.9 Å². The molecular weight excluding hydrogens is 330 g/mol. The number of H-pyrrole nitrogens is 1. The average molecular weight is 351 g/mol. The molecule has 2 aliphatic rings. The van der Waals surface area contributed by atoms with Gasteiger partial charge in [-0.2, -0.15) is 0 Å². The number of pyridine rings is 1. The largest absolute Gasteiger partial charge is 0.351 e. The van der Waals surface area contributed by atoms with Crippen molar-refractivity contribution in [2.24, 2.45) is 0 Å². The first kappa shape index (κ1) is 16.6. The van der Waals surface area contributed by atoms with Crippen LogP contribution in [0.3, 0.4) is 0 Å². The SMILES string of the molecule is CN1C(=O)C[C@@H](CNC(=O)c2cc3c([nH]c2=O)CCC3)c2ccccc21. The van der Waals surface area contributed by atoms with Crippen molar-refractivity contribution in [2.75, 3.05) is 18.5 Å². The number of para-hydroxylation sites is 1. The van der Waals surface area contributed by atoms with E-state index in [0.717, 1.165) is 41.8 Å². The molecule has 4 rings (SSSR count). The van der Waals surface area contributed by atoms with Gasteiger partial charge in [0.15, 0.2) is 0 Å². The van der Waals surface area contributed by atoms with Crippen LogP contribution in [-0.4, -0.2) is 30.4 Å². The zero-order chi connectivity index (χ0) is 18.3. The molecule has 0 spiro atoms. The van der Waals surface area contributed by atoms with Gasteiger partial charge >= 0.3 is 0 Å². The monoisotopic (exact) mass is 351 g/mol. The Balaban J connectivity index is 1.53. The van der Waals surface area contributed by atoms with Crippen LogP contribution in [0.5, 0.6) is 0 Å². The number of carbonyl (C=O) groups excluding carboxylic acids is 2. The third kappa shape index (κ3) is 2.81. The topological polar surface area (TPSA) is 82.3 Å². The van der Waals surface area contributed by atoms with E-state index in [1.54, 1.807) is 18.0 Å². The molecule has 0 bridgehead atoms. The fourth-order valence-electron chi connectivity index (χ4n) is 3.91. The molecule has 2 N–H and O–H groups in total. The van der Waals surface area contributed by atoms with Gasteiger partial charge in [0.1, 0.15) is 5.56 Å². The van der Waals surface area contributed by atoms with Crippen molar-refractivity contribution >= 4 is 17.5 Å². The fourth-order valence-corrected chi connectivity index (χ4v) is 3.91. The van der Waals surface area contributed by atoms with E-state index in [2.05, 4.69) is 10.3 Å². The number of hydrogen-bond donors (Lipinski definition) is 2. The van der Waals surface area contributed by atoms with Crippen LogP contribution in [0, 0.1) is 0 Å². The molecule has 6 heteroatoms. The van der Waals surface area contributed by atoms with Gasteiger partial charge in [0.25, 0.3) is 11.5 Å². The molecule has 1 aromatic carbocycles. The first-order valence-corrected chi connectivity index (χ1v) is 8.93. The zero-order valence-electron chi connectivity index (χ0n) is 14.7. The molecule has 26 heavy (non-hydrogen) atoms. The van der Waals surface area contributed by atoms with E-state index in [-0.39, 0.29) is 28.9 Å². The van der Waals surface area contributed by atoms with Gasteiger partial charge in [-0.15, -0.1) is 0 Å². The minimum absolute atomic E-state index is 0.0262. The molecule has 0 saturated carbocycles. The number of hydrogen-bond acceptors (Lipinski definition) is 3. The number of anilines is 1. The quantitative estimate of drug-likeness (QED) is 0.884. The van der Waals surface area contributed by atoms with Crippen LogP contribution in [0.25, 0.3) is 0 Å². The molecule has 0 unspecified atom stereocenters. The summed E-state index contributed by atoms with van der Waals surface area (Å²) in [6, 6.07) is 9.43. The van der Waals surface area contributed by atoms with E-state index in [1.165, 1.54) is 0 Å². The molecule has 1 aliphatic heterocycles. The number of aromatic nitrogens is 1. The molecule has 2 aromatic rings. The normalized spacial score (nSPS) is 18.4. The molecule has 1 atom stereocenters. The lowest BCUT2D eigenvalue weighted by molar-refractivity contribution is -0.119. The molecule has 6 nitrogen and oxygen atoms in total. The first-order chi connectivity index (χ1) is 12.5. The van der Waals surface area contributed by atoms with E-state index >= 15 is 0 Å². The van der Waals surface area contributed by atoms with Gasteiger partial charge in [-0.3, -0.25) is 14.4 Å². The van der Waals surface area contributed by atoms with Gasteiger partial charge < -0.3 is 15.2 Å². The van der Waals surface area contributed by atoms with E-state index in [1.807, 2.05) is 24.3 Å². The van der Waals surface area contributed by atoms with Gasteiger partial charge in [0, 0.05) is 37.3 Å². The molecule has 0 radical (unpaired) electrons. The molecule has 2 amide bonds. The summed E-state index contributed by atoms with van der Waals surface area (Å²) in [5, 5.41) is 2.85. The van der Waals surface area contributed by atoms with E-state index in [9.17, 15) is 14.4 Å². The Hall–Kier alpha value is -2.89. The highest BCUT2D eigenvalue weighted by atomic mass is 16.2. The lowest BCUT2D eigenvalue weighted by Gasteiger charge is -2.31. The van der Waals surface area contributed by atoms with E-state index in [0.29, 0.717) is 13.0 Å². The van der Waals surface area contributed by atoms with Gasteiger partial charge in [0.2, 0.25) is 5.91 Å². The Labute approximate surface area is 151 Å². The Morgan fingerprint density at radius 1 is 1.27 bits per heavy atom. The van der Waals surface area contributed by atoms with Crippen LogP contribution in [0.2, 0.25) is 0 Å². The number of nitrogens with one attached hydrogen (secondary N) is 2. The van der Waals surface area contributed by atoms with Crippen LogP contribution < -0.4 is 15.8 Å². The van der Waals surface area contributed by atoms with Crippen molar-refractivity contribution in [3.63, 3.8) is 0 Å². The highest BCUT2D eigenvalue weighted by Crippen LogP contribution is 2.34. The van der Waals surface area contributed by atoms with Crippen LogP contribution >= 0.6 is 0 Å². The van der Waals surface area contributed by atoms with Gasteiger partial charge in [-0.25, -0.2) is 0 Å². The van der Waals surface area contributed by atoms with Crippen molar-refractivity contribution in [2.45, 2.75) is 31.6 Å². The number of amides is 2. The first-order valence-electron chi connectivity index (χ1n) is 8.93.